The van der Waals surface area contributed by atoms with E-state index in [-0.39, 0.29) is 6.04 Å². The monoisotopic (exact) mass is 257 g/mol. The molecule has 0 saturated heterocycles. The summed E-state index contributed by atoms with van der Waals surface area (Å²) in [6.07, 6.45) is -0.963. The minimum atomic E-state index is -4.27. The van der Waals surface area contributed by atoms with Crippen LogP contribution in [0.1, 0.15) is 43.4 Å². The van der Waals surface area contributed by atoms with Crippen LogP contribution in [0.3, 0.4) is 0 Å². The van der Waals surface area contributed by atoms with Gasteiger partial charge in [-0.1, -0.05) is 25.5 Å². The van der Waals surface area contributed by atoms with Crippen LogP contribution < -0.4 is 5.73 Å². The summed E-state index contributed by atoms with van der Waals surface area (Å²) in [7, 11) is 0. The van der Waals surface area contributed by atoms with Crippen LogP contribution in [-0.2, 0) is 6.18 Å². The predicted octanol–water partition coefficient (Wildman–Crippen LogP) is 4.14. The third kappa shape index (κ3) is 2.86. The maximum Gasteiger partial charge on any atom is 0.416 e. The lowest BCUT2D eigenvalue weighted by atomic mass is 9.91. The molecular formula is C14H18F3N. The molecule has 1 aromatic rings. The Bertz CT molecular complexity index is 396. The molecule has 1 saturated carbocycles. The van der Waals surface area contributed by atoms with Crippen molar-refractivity contribution in [2.45, 2.75) is 38.4 Å². The average Bonchev–Trinajstić information content (AvgIpc) is 2.74. The molecule has 3 unspecified atom stereocenters. The van der Waals surface area contributed by atoms with E-state index in [4.69, 9.17) is 5.73 Å². The van der Waals surface area contributed by atoms with Crippen molar-refractivity contribution in [3.8, 4) is 0 Å². The molecule has 1 aliphatic carbocycles. The van der Waals surface area contributed by atoms with Crippen LogP contribution in [-0.4, -0.2) is 0 Å². The smallest absolute Gasteiger partial charge is 0.324 e. The summed E-state index contributed by atoms with van der Waals surface area (Å²) in [6, 6.07) is 5.12. The van der Waals surface area contributed by atoms with Gasteiger partial charge >= 0.3 is 6.18 Å². The molecule has 1 nitrogen and oxygen atoms in total. The molecule has 1 fully saturated rings. The van der Waals surface area contributed by atoms with E-state index < -0.39 is 11.7 Å². The lowest BCUT2D eigenvalue weighted by Crippen LogP contribution is -2.19. The summed E-state index contributed by atoms with van der Waals surface area (Å²) in [6.45, 7) is 2.19. The van der Waals surface area contributed by atoms with E-state index in [0.717, 1.165) is 30.5 Å². The van der Waals surface area contributed by atoms with E-state index in [9.17, 15) is 13.2 Å². The minimum Gasteiger partial charge on any atom is -0.324 e. The molecule has 1 aromatic carbocycles. The van der Waals surface area contributed by atoms with E-state index >= 15 is 0 Å². The third-order valence-electron chi connectivity index (χ3n) is 3.87. The number of nitrogens with two attached hydrogens (primary N) is 1. The van der Waals surface area contributed by atoms with Crippen molar-refractivity contribution in [1.82, 2.24) is 0 Å². The highest BCUT2D eigenvalue weighted by atomic mass is 19.4. The lowest BCUT2D eigenvalue weighted by molar-refractivity contribution is -0.137. The first-order valence-corrected chi connectivity index (χ1v) is 6.30. The molecule has 3 atom stereocenters. The van der Waals surface area contributed by atoms with Gasteiger partial charge in [-0.15, -0.1) is 0 Å². The first kappa shape index (κ1) is 13.4. The van der Waals surface area contributed by atoms with Crippen molar-refractivity contribution >= 4 is 0 Å². The summed E-state index contributed by atoms with van der Waals surface area (Å²) >= 11 is 0. The molecule has 1 aliphatic rings. The number of rotatable bonds is 2. The Morgan fingerprint density at radius 2 is 1.78 bits per heavy atom. The second-order valence-corrected chi connectivity index (χ2v) is 5.32. The molecule has 18 heavy (non-hydrogen) atoms. The van der Waals surface area contributed by atoms with Crippen molar-refractivity contribution in [1.29, 1.82) is 0 Å². The Morgan fingerprint density at radius 3 is 2.22 bits per heavy atom. The van der Waals surface area contributed by atoms with E-state index in [0.29, 0.717) is 11.8 Å². The van der Waals surface area contributed by atoms with Gasteiger partial charge in [0.2, 0.25) is 0 Å². The molecule has 100 valence electrons. The molecule has 0 heterocycles. The highest BCUT2D eigenvalue weighted by Crippen LogP contribution is 2.38. The lowest BCUT2D eigenvalue weighted by Gasteiger charge is -2.20. The predicted molar refractivity (Wildman–Crippen MR) is 64.9 cm³/mol. The van der Waals surface area contributed by atoms with Gasteiger partial charge in [-0.05, 0) is 42.4 Å². The van der Waals surface area contributed by atoms with Crippen LogP contribution in [0.5, 0.6) is 0 Å². The van der Waals surface area contributed by atoms with Crippen molar-refractivity contribution in [2.75, 3.05) is 0 Å². The Hall–Kier alpha value is -1.03. The van der Waals surface area contributed by atoms with Crippen LogP contribution >= 0.6 is 0 Å². The maximum absolute atomic E-state index is 12.4. The summed E-state index contributed by atoms with van der Waals surface area (Å²) < 4.78 is 37.3. The van der Waals surface area contributed by atoms with Gasteiger partial charge in [0.15, 0.2) is 0 Å². The largest absolute Gasteiger partial charge is 0.416 e. The molecule has 0 aromatic heterocycles. The Kier molecular flexibility index (Phi) is 3.66. The van der Waals surface area contributed by atoms with Gasteiger partial charge in [0.05, 0.1) is 5.56 Å². The number of hydrogen-bond donors (Lipinski definition) is 1. The van der Waals surface area contributed by atoms with Gasteiger partial charge in [0.25, 0.3) is 0 Å². The van der Waals surface area contributed by atoms with Gasteiger partial charge in [0, 0.05) is 6.04 Å². The summed E-state index contributed by atoms with van der Waals surface area (Å²) in [4.78, 5) is 0. The normalized spacial score (nSPS) is 26.3. The topological polar surface area (TPSA) is 26.0 Å². The molecule has 0 bridgehead atoms. The third-order valence-corrected chi connectivity index (χ3v) is 3.87. The van der Waals surface area contributed by atoms with E-state index in [2.05, 4.69) is 6.92 Å². The zero-order chi connectivity index (χ0) is 13.3. The second kappa shape index (κ2) is 4.92. The number of benzene rings is 1. The molecule has 2 N–H and O–H groups in total. The van der Waals surface area contributed by atoms with Gasteiger partial charge in [-0.25, -0.2) is 0 Å². The fourth-order valence-electron chi connectivity index (χ4n) is 2.74. The molecule has 4 heteroatoms. The summed E-state index contributed by atoms with van der Waals surface area (Å²) in [5.41, 5.74) is 6.34. The highest BCUT2D eigenvalue weighted by molar-refractivity contribution is 5.27. The summed E-state index contributed by atoms with van der Waals surface area (Å²) in [5.74, 6) is 1.08. The number of hydrogen-bond acceptors (Lipinski definition) is 1. The SMILES string of the molecule is CC1CCC(C(N)c2ccc(C(F)(F)F)cc2)C1. The second-order valence-electron chi connectivity index (χ2n) is 5.32. The quantitative estimate of drug-likeness (QED) is 0.846. The fraction of sp³-hybridized carbons (Fsp3) is 0.571. The van der Waals surface area contributed by atoms with E-state index in [1.165, 1.54) is 18.6 Å². The van der Waals surface area contributed by atoms with Crippen LogP contribution in [0.25, 0.3) is 0 Å². The van der Waals surface area contributed by atoms with Crippen molar-refractivity contribution in [2.24, 2.45) is 17.6 Å². The van der Waals surface area contributed by atoms with E-state index in [1.54, 1.807) is 0 Å². The van der Waals surface area contributed by atoms with E-state index in [1.807, 2.05) is 0 Å². The van der Waals surface area contributed by atoms with Crippen molar-refractivity contribution < 1.29 is 13.2 Å². The molecule has 2 rings (SSSR count). The van der Waals surface area contributed by atoms with Crippen LogP contribution in [0.2, 0.25) is 0 Å². The average molecular weight is 257 g/mol. The van der Waals surface area contributed by atoms with Crippen molar-refractivity contribution in [3.05, 3.63) is 35.4 Å². The van der Waals surface area contributed by atoms with Crippen LogP contribution in [0, 0.1) is 11.8 Å². The maximum atomic E-state index is 12.4. The van der Waals surface area contributed by atoms with Gasteiger partial charge in [-0.2, -0.15) is 13.2 Å². The van der Waals surface area contributed by atoms with Gasteiger partial charge in [-0.3, -0.25) is 0 Å². The zero-order valence-corrected chi connectivity index (χ0v) is 10.4. The Morgan fingerprint density at radius 1 is 1.17 bits per heavy atom. The number of alkyl halides is 3. The van der Waals surface area contributed by atoms with Gasteiger partial charge < -0.3 is 5.73 Å². The van der Waals surface area contributed by atoms with Gasteiger partial charge in [0.1, 0.15) is 0 Å². The molecule has 0 radical (unpaired) electrons. The Labute approximate surface area is 105 Å². The summed E-state index contributed by atoms with van der Waals surface area (Å²) in [5, 5.41) is 0. The molecule has 0 spiro atoms. The first-order chi connectivity index (χ1) is 8.38. The standard InChI is InChI=1S/C14H18F3N/c1-9-2-3-11(8-9)13(18)10-4-6-12(7-5-10)14(15,16)17/h4-7,9,11,13H,2-3,8,18H2,1H3. The molecule has 0 amide bonds. The Balaban J connectivity index is 2.10. The van der Waals surface area contributed by atoms with Crippen LogP contribution in [0.4, 0.5) is 13.2 Å². The molecule has 0 aliphatic heterocycles. The zero-order valence-electron chi connectivity index (χ0n) is 10.4. The highest BCUT2D eigenvalue weighted by Gasteiger charge is 2.31. The first-order valence-electron chi connectivity index (χ1n) is 6.30. The fourth-order valence-corrected chi connectivity index (χ4v) is 2.74. The number of halogens is 3. The van der Waals surface area contributed by atoms with Crippen LogP contribution in [0.15, 0.2) is 24.3 Å². The molecular weight excluding hydrogens is 239 g/mol. The van der Waals surface area contributed by atoms with Crippen molar-refractivity contribution in [3.63, 3.8) is 0 Å². The minimum absolute atomic E-state index is 0.141.